The van der Waals surface area contributed by atoms with E-state index in [1.54, 1.807) is 0 Å². The lowest BCUT2D eigenvalue weighted by molar-refractivity contribution is -0.274. The van der Waals surface area contributed by atoms with Crippen molar-refractivity contribution in [3.05, 3.63) is 89.9 Å². The van der Waals surface area contributed by atoms with Crippen LogP contribution in [0.25, 0.3) is 10.8 Å². The number of benzene rings is 2. The molecular formula is C25H17F6N5O5S. The molecular weight excluding hydrogens is 596 g/mol. The van der Waals surface area contributed by atoms with E-state index in [0.29, 0.717) is 4.31 Å². The van der Waals surface area contributed by atoms with Crippen LogP contribution in [0.15, 0.2) is 78.0 Å². The maximum atomic E-state index is 14.5. The molecule has 0 saturated carbocycles. The number of fused-ring (bicyclic) bond motifs is 1. The predicted octanol–water partition coefficient (Wildman–Crippen LogP) is 5.19. The number of nitrogens with one attached hydrogen (secondary N) is 2. The molecule has 4 aromatic rings. The molecule has 2 aromatic heterocycles. The van der Waals surface area contributed by atoms with Gasteiger partial charge in [-0.15, -0.1) is 18.7 Å². The van der Waals surface area contributed by atoms with Gasteiger partial charge in [-0.25, -0.2) is 22.5 Å². The summed E-state index contributed by atoms with van der Waals surface area (Å²) in [6.07, 6.45) is -9.82. The number of nitrogens with zero attached hydrogens (tertiary/aromatic N) is 3. The highest BCUT2D eigenvalue weighted by Crippen LogP contribution is 2.42. The van der Waals surface area contributed by atoms with Gasteiger partial charge in [-0.1, -0.05) is 36.4 Å². The number of anilines is 1. The zero-order chi connectivity index (χ0) is 30.3. The van der Waals surface area contributed by atoms with Crippen molar-refractivity contribution in [2.75, 3.05) is 4.31 Å². The standard InChI is InChI=1S/C25H17F6N5O5S/c26-24(27,28)20-18-4-2-1-3-15(18)11-33-22(20)36(13-14-5-7-16(8-6-14)40-25(29,30)31)42(38,39)17-9-10-19(32-12-17)21-34-23(37)41-35-21/h1-12,21,35H,13H2,(H,34,37). The molecule has 5 rings (SSSR count). The van der Waals surface area contributed by atoms with Crippen molar-refractivity contribution in [2.24, 2.45) is 0 Å². The molecule has 2 aromatic carbocycles. The molecule has 3 heterocycles. The smallest absolute Gasteiger partial charge is 0.406 e. The number of amides is 1. The van der Waals surface area contributed by atoms with Crippen LogP contribution in [0, 0.1) is 0 Å². The van der Waals surface area contributed by atoms with Crippen LogP contribution in [0.3, 0.4) is 0 Å². The molecule has 0 bridgehead atoms. The summed E-state index contributed by atoms with van der Waals surface area (Å²) in [7, 11) is -4.84. The molecule has 220 valence electrons. The first-order chi connectivity index (χ1) is 19.7. The number of pyridine rings is 2. The maximum Gasteiger partial charge on any atom is 0.573 e. The zero-order valence-electron chi connectivity index (χ0n) is 20.8. The minimum absolute atomic E-state index is 0.0239. The fourth-order valence-electron chi connectivity index (χ4n) is 4.12. The van der Waals surface area contributed by atoms with E-state index in [-0.39, 0.29) is 22.0 Å². The first-order valence-electron chi connectivity index (χ1n) is 11.7. The van der Waals surface area contributed by atoms with Gasteiger partial charge in [-0.2, -0.15) is 13.2 Å². The number of carbonyl (C=O) groups is 1. The van der Waals surface area contributed by atoms with Crippen LogP contribution in [0.4, 0.5) is 37.0 Å². The second-order valence-electron chi connectivity index (χ2n) is 8.75. The second-order valence-corrected chi connectivity index (χ2v) is 10.6. The molecule has 1 saturated heterocycles. The number of aromatic nitrogens is 2. The SMILES string of the molecule is O=C1NC(c2ccc(S(=O)(=O)N(Cc3ccc(OC(F)(F)F)cc3)c3ncc4ccccc4c3C(F)(F)F)cn2)NO1. The van der Waals surface area contributed by atoms with Crippen LogP contribution in [-0.4, -0.2) is 30.8 Å². The van der Waals surface area contributed by atoms with E-state index in [2.05, 4.69) is 30.3 Å². The van der Waals surface area contributed by atoms with Crippen molar-refractivity contribution in [2.45, 2.75) is 30.1 Å². The molecule has 1 unspecified atom stereocenters. The van der Waals surface area contributed by atoms with Crippen LogP contribution < -0.4 is 19.8 Å². The topological polar surface area (TPSA) is 123 Å². The Morgan fingerprint density at radius 3 is 2.24 bits per heavy atom. The van der Waals surface area contributed by atoms with Crippen molar-refractivity contribution in [1.29, 1.82) is 0 Å². The van der Waals surface area contributed by atoms with Crippen LogP contribution in [-0.2, 0) is 27.6 Å². The largest absolute Gasteiger partial charge is 0.573 e. The second kappa shape index (κ2) is 10.6. The highest BCUT2D eigenvalue weighted by atomic mass is 32.2. The van der Waals surface area contributed by atoms with Crippen molar-refractivity contribution in [3.8, 4) is 5.75 Å². The number of sulfonamides is 1. The third-order valence-corrected chi connectivity index (χ3v) is 7.68. The fourth-order valence-corrected chi connectivity index (χ4v) is 5.49. The molecule has 1 amide bonds. The normalized spacial score (nSPS) is 15.8. The predicted molar refractivity (Wildman–Crippen MR) is 133 cm³/mol. The third-order valence-electron chi connectivity index (χ3n) is 5.96. The van der Waals surface area contributed by atoms with Gasteiger partial charge in [-0.05, 0) is 35.2 Å². The van der Waals surface area contributed by atoms with Gasteiger partial charge < -0.3 is 9.57 Å². The van der Waals surface area contributed by atoms with E-state index in [0.717, 1.165) is 42.7 Å². The lowest BCUT2D eigenvalue weighted by Gasteiger charge is -2.27. The van der Waals surface area contributed by atoms with E-state index in [1.165, 1.54) is 30.3 Å². The summed E-state index contributed by atoms with van der Waals surface area (Å²) in [5.41, 5.74) is 1.15. The van der Waals surface area contributed by atoms with Gasteiger partial charge in [0, 0.05) is 17.8 Å². The Morgan fingerprint density at radius 1 is 0.929 bits per heavy atom. The highest BCUT2D eigenvalue weighted by Gasteiger charge is 2.41. The quantitative estimate of drug-likeness (QED) is 0.273. The van der Waals surface area contributed by atoms with Crippen LogP contribution in [0.5, 0.6) is 5.75 Å². The Kier molecular flexibility index (Phi) is 7.32. The summed E-state index contributed by atoms with van der Waals surface area (Å²) in [4.78, 5) is 23.1. The Balaban J connectivity index is 1.61. The highest BCUT2D eigenvalue weighted by molar-refractivity contribution is 7.92. The number of halogens is 6. The van der Waals surface area contributed by atoms with Gasteiger partial charge in [0.1, 0.15) is 16.2 Å². The van der Waals surface area contributed by atoms with Crippen LogP contribution >= 0.6 is 0 Å². The average Bonchev–Trinajstić information content (AvgIpc) is 3.37. The monoisotopic (exact) mass is 613 g/mol. The first-order valence-corrected chi connectivity index (χ1v) is 13.2. The number of carbonyl (C=O) groups excluding carboxylic acids is 1. The number of hydrogen-bond acceptors (Lipinski definition) is 8. The van der Waals surface area contributed by atoms with Gasteiger partial charge in [0.25, 0.3) is 10.0 Å². The number of ether oxygens (including phenoxy) is 1. The molecule has 17 heteroatoms. The summed E-state index contributed by atoms with van der Waals surface area (Å²) < 4.78 is 113. The summed E-state index contributed by atoms with van der Waals surface area (Å²) in [6, 6.07) is 11.6. The number of hydrogen-bond donors (Lipinski definition) is 2. The van der Waals surface area contributed by atoms with E-state index >= 15 is 0 Å². The van der Waals surface area contributed by atoms with Crippen molar-refractivity contribution >= 4 is 32.7 Å². The van der Waals surface area contributed by atoms with E-state index in [9.17, 15) is 39.6 Å². The van der Waals surface area contributed by atoms with Gasteiger partial charge in [0.15, 0.2) is 12.0 Å². The summed E-state index contributed by atoms with van der Waals surface area (Å²) in [5.74, 6) is -1.57. The zero-order valence-corrected chi connectivity index (χ0v) is 21.6. The Labute approximate surface area is 232 Å². The molecule has 10 nitrogen and oxygen atoms in total. The Bertz CT molecular complexity index is 1730. The minimum Gasteiger partial charge on any atom is -0.406 e. The van der Waals surface area contributed by atoms with E-state index < -0.39 is 63.4 Å². The lowest BCUT2D eigenvalue weighted by Crippen LogP contribution is -2.33. The molecule has 0 spiro atoms. The summed E-state index contributed by atoms with van der Waals surface area (Å²) in [6.45, 7) is -0.751. The van der Waals surface area contributed by atoms with E-state index in [1.807, 2.05) is 0 Å². The van der Waals surface area contributed by atoms with Crippen molar-refractivity contribution in [3.63, 3.8) is 0 Å². The maximum absolute atomic E-state index is 14.5. The molecule has 1 fully saturated rings. The van der Waals surface area contributed by atoms with Gasteiger partial charge in [0.2, 0.25) is 0 Å². The molecule has 1 atom stereocenters. The molecule has 1 aliphatic heterocycles. The number of alkyl halides is 6. The Hall–Kier alpha value is -4.64. The molecule has 2 N–H and O–H groups in total. The number of hydroxylamine groups is 1. The van der Waals surface area contributed by atoms with Gasteiger partial charge in [0.05, 0.1) is 12.2 Å². The third kappa shape index (κ3) is 6.01. The molecule has 0 aliphatic carbocycles. The lowest BCUT2D eigenvalue weighted by atomic mass is 10.1. The average molecular weight is 613 g/mol. The number of rotatable bonds is 7. The molecule has 1 aliphatic rings. The van der Waals surface area contributed by atoms with Crippen LogP contribution in [0.1, 0.15) is 23.0 Å². The van der Waals surface area contributed by atoms with Crippen molar-refractivity contribution < 1.29 is 49.1 Å². The molecule has 0 radical (unpaired) electrons. The van der Waals surface area contributed by atoms with Gasteiger partial charge in [-0.3, -0.25) is 10.3 Å². The summed E-state index contributed by atoms with van der Waals surface area (Å²) >= 11 is 0. The fraction of sp³-hybridized carbons (Fsp3) is 0.160. The summed E-state index contributed by atoms with van der Waals surface area (Å²) in [5, 5.41) is 2.14. The molecule has 42 heavy (non-hydrogen) atoms. The minimum atomic E-state index is -5.06. The van der Waals surface area contributed by atoms with Gasteiger partial charge >= 0.3 is 18.6 Å². The first kappa shape index (κ1) is 28.9. The van der Waals surface area contributed by atoms with Crippen molar-refractivity contribution in [1.82, 2.24) is 20.8 Å². The van der Waals surface area contributed by atoms with Crippen LogP contribution in [0.2, 0.25) is 0 Å². The Morgan fingerprint density at radius 2 is 1.64 bits per heavy atom. The van der Waals surface area contributed by atoms with E-state index in [4.69, 9.17) is 0 Å².